The van der Waals surface area contributed by atoms with Crippen molar-refractivity contribution in [2.45, 2.75) is 25.9 Å². The molecule has 5 heteroatoms. The lowest BCUT2D eigenvalue weighted by Crippen LogP contribution is -2.26. The second kappa shape index (κ2) is 7.05. The van der Waals surface area contributed by atoms with Crippen molar-refractivity contribution in [1.29, 1.82) is 0 Å². The molecule has 0 radical (unpaired) electrons. The number of esters is 1. The number of amides is 1. The molecular formula is C19H18ClNO3. The van der Waals surface area contributed by atoms with Gasteiger partial charge in [0.25, 0.3) is 5.91 Å². The highest BCUT2D eigenvalue weighted by atomic mass is 35.5. The summed E-state index contributed by atoms with van der Waals surface area (Å²) in [7, 11) is 0. The van der Waals surface area contributed by atoms with Gasteiger partial charge in [-0.15, -0.1) is 0 Å². The summed E-state index contributed by atoms with van der Waals surface area (Å²) in [6, 6.07) is 14.3. The minimum atomic E-state index is -0.973. The number of aryl methyl sites for hydroxylation is 1. The van der Waals surface area contributed by atoms with E-state index in [0.717, 1.165) is 18.4 Å². The van der Waals surface area contributed by atoms with Crippen LogP contribution in [0.4, 0.5) is 5.69 Å². The molecule has 124 valence electrons. The van der Waals surface area contributed by atoms with Gasteiger partial charge in [0.15, 0.2) is 0 Å². The summed E-state index contributed by atoms with van der Waals surface area (Å²) in [5.74, 6) is -0.783. The third-order valence-electron chi connectivity index (χ3n) is 3.92. The minimum Gasteiger partial charge on any atom is -0.447 e. The van der Waals surface area contributed by atoms with Crippen LogP contribution in [0.15, 0.2) is 48.5 Å². The minimum absolute atomic E-state index is 0.0715. The Morgan fingerprint density at radius 3 is 2.50 bits per heavy atom. The van der Waals surface area contributed by atoms with E-state index in [0.29, 0.717) is 16.3 Å². The van der Waals surface area contributed by atoms with Gasteiger partial charge in [0, 0.05) is 16.3 Å². The molecule has 1 amide bonds. The summed E-state index contributed by atoms with van der Waals surface area (Å²) in [4.78, 5) is 24.7. The average Bonchev–Trinajstić information content (AvgIpc) is 3.41. The first-order valence-electron chi connectivity index (χ1n) is 7.87. The summed E-state index contributed by atoms with van der Waals surface area (Å²) < 4.78 is 5.46. The Hall–Kier alpha value is -2.33. The third kappa shape index (κ3) is 3.95. The molecule has 0 spiro atoms. The van der Waals surface area contributed by atoms with Crippen LogP contribution >= 0.6 is 11.6 Å². The Morgan fingerprint density at radius 2 is 1.88 bits per heavy atom. The molecule has 1 atom stereocenters. The fourth-order valence-electron chi connectivity index (χ4n) is 2.31. The van der Waals surface area contributed by atoms with E-state index in [2.05, 4.69) is 5.32 Å². The molecule has 0 aromatic heterocycles. The van der Waals surface area contributed by atoms with Gasteiger partial charge in [-0.3, -0.25) is 9.59 Å². The number of nitrogens with one attached hydrogen (secondary N) is 1. The maximum Gasteiger partial charge on any atom is 0.310 e. The summed E-state index contributed by atoms with van der Waals surface area (Å²) >= 11 is 6.09. The average molecular weight is 344 g/mol. The van der Waals surface area contributed by atoms with Gasteiger partial charge < -0.3 is 10.1 Å². The fourth-order valence-corrected chi connectivity index (χ4v) is 2.49. The molecular weight excluding hydrogens is 326 g/mol. The lowest BCUT2D eigenvalue weighted by atomic mass is 10.1. The van der Waals surface area contributed by atoms with Gasteiger partial charge in [0.05, 0.1) is 5.92 Å². The number of benzene rings is 2. The number of hydrogen-bond donors (Lipinski definition) is 1. The maximum absolute atomic E-state index is 12.7. The predicted octanol–water partition coefficient (Wildman–Crippen LogP) is 4.28. The zero-order chi connectivity index (χ0) is 17.1. The molecule has 1 N–H and O–H groups in total. The van der Waals surface area contributed by atoms with Crippen molar-refractivity contribution in [2.75, 3.05) is 5.32 Å². The van der Waals surface area contributed by atoms with Gasteiger partial charge in [-0.1, -0.05) is 48.0 Å². The molecule has 3 rings (SSSR count). The molecule has 2 aromatic rings. The molecule has 2 aromatic carbocycles. The molecule has 0 aliphatic heterocycles. The van der Waals surface area contributed by atoms with Crippen LogP contribution in [-0.4, -0.2) is 11.9 Å². The van der Waals surface area contributed by atoms with Gasteiger partial charge in [-0.2, -0.15) is 0 Å². The molecule has 0 heterocycles. The van der Waals surface area contributed by atoms with Crippen LogP contribution in [0.2, 0.25) is 5.02 Å². The van der Waals surface area contributed by atoms with E-state index in [1.807, 2.05) is 31.2 Å². The van der Waals surface area contributed by atoms with E-state index in [9.17, 15) is 9.59 Å². The first kappa shape index (κ1) is 16.5. The van der Waals surface area contributed by atoms with E-state index in [1.165, 1.54) is 0 Å². The zero-order valence-electron chi connectivity index (χ0n) is 13.3. The second-order valence-corrected chi connectivity index (χ2v) is 6.36. The highest BCUT2D eigenvalue weighted by Crippen LogP contribution is 2.33. The Bertz CT molecular complexity index is 756. The van der Waals surface area contributed by atoms with Crippen LogP contribution in [0.5, 0.6) is 0 Å². The van der Waals surface area contributed by atoms with Crippen molar-refractivity contribution in [3.63, 3.8) is 0 Å². The van der Waals surface area contributed by atoms with Crippen LogP contribution in [0.25, 0.3) is 0 Å². The van der Waals surface area contributed by atoms with Crippen LogP contribution in [0, 0.1) is 12.8 Å². The molecule has 4 nitrogen and oxygen atoms in total. The molecule has 1 aliphatic carbocycles. The van der Waals surface area contributed by atoms with Crippen molar-refractivity contribution in [3.05, 3.63) is 64.7 Å². The van der Waals surface area contributed by atoms with Crippen LogP contribution in [0.1, 0.15) is 30.1 Å². The van der Waals surface area contributed by atoms with E-state index < -0.39 is 12.0 Å². The van der Waals surface area contributed by atoms with E-state index in [-0.39, 0.29) is 11.9 Å². The predicted molar refractivity (Wildman–Crippen MR) is 92.8 cm³/mol. The fraction of sp³-hybridized carbons (Fsp3) is 0.263. The van der Waals surface area contributed by atoms with Crippen molar-refractivity contribution >= 4 is 29.2 Å². The topological polar surface area (TPSA) is 55.4 Å². The lowest BCUT2D eigenvalue weighted by Gasteiger charge is -2.18. The summed E-state index contributed by atoms with van der Waals surface area (Å²) in [6.45, 7) is 1.89. The van der Waals surface area contributed by atoms with Gasteiger partial charge in [-0.25, -0.2) is 0 Å². The molecule has 1 aliphatic rings. The number of anilines is 1. The van der Waals surface area contributed by atoms with Crippen molar-refractivity contribution < 1.29 is 14.3 Å². The number of carbonyl (C=O) groups is 2. The molecule has 1 fully saturated rings. The Labute approximate surface area is 145 Å². The highest BCUT2D eigenvalue weighted by molar-refractivity contribution is 6.31. The van der Waals surface area contributed by atoms with Crippen molar-refractivity contribution in [2.24, 2.45) is 5.92 Å². The van der Waals surface area contributed by atoms with Crippen LogP contribution in [0.3, 0.4) is 0 Å². The largest absolute Gasteiger partial charge is 0.447 e. The molecule has 1 saturated carbocycles. The van der Waals surface area contributed by atoms with Crippen LogP contribution < -0.4 is 5.32 Å². The lowest BCUT2D eigenvalue weighted by molar-refractivity contribution is -0.156. The third-order valence-corrected chi connectivity index (χ3v) is 4.33. The Balaban J connectivity index is 1.79. The van der Waals surface area contributed by atoms with Crippen molar-refractivity contribution in [3.8, 4) is 0 Å². The Kier molecular flexibility index (Phi) is 4.86. The summed E-state index contributed by atoms with van der Waals surface area (Å²) in [6.07, 6.45) is 0.685. The van der Waals surface area contributed by atoms with E-state index >= 15 is 0 Å². The normalized spacial score (nSPS) is 14.8. The highest BCUT2D eigenvalue weighted by Gasteiger charge is 2.35. The van der Waals surface area contributed by atoms with Crippen LogP contribution in [-0.2, 0) is 14.3 Å². The standard InChI is InChI=1S/C19H18ClNO3/c1-12-7-10-15(11-16(12)20)21-18(22)17(13-5-3-2-4-6-13)24-19(23)14-8-9-14/h2-7,10-11,14,17H,8-9H2,1H3,(H,21,22)/t17-/m1/s1. The van der Waals surface area contributed by atoms with E-state index in [1.54, 1.807) is 24.3 Å². The molecule has 0 saturated heterocycles. The summed E-state index contributed by atoms with van der Waals surface area (Å²) in [5.41, 5.74) is 2.13. The number of halogens is 1. The van der Waals surface area contributed by atoms with Gasteiger partial charge >= 0.3 is 5.97 Å². The molecule has 24 heavy (non-hydrogen) atoms. The van der Waals surface area contributed by atoms with Gasteiger partial charge in [0.1, 0.15) is 0 Å². The van der Waals surface area contributed by atoms with Gasteiger partial charge in [0.2, 0.25) is 6.10 Å². The first-order valence-corrected chi connectivity index (χ1v) is 8.25. The number of hydrogen-bond acceptors (Lipinski definition) is 3. The smallest absolute Gasteiger partial charge is 0.310 e. The quantitative estimate of drug-likeness (QED) is 0.824. The maximum atomic E-state index is 12.7. The van der Waals surface area contributed by atoms with Crippen molar-refractivity contribution in [1.82, 2.24) is 0 Å². The molecule has 0 unspecified atom stereocenters. The Morgan fingerprint density at radius 1 is 1.17 bits per heavy atom. The SMILES string of the molecule is Cc1ccc(NC(=O)[C@H](OC(=O)C2CC2)c2ccccc2)cc1Cl. The first-order chi connectivity index (χ1) is 11.5. The second-order valence-electron chi connectivity index (χ2n) is 5.96. The van der Waals surface area contributed by atoms with Gasteiger partial charge in [-0.05, 0) is 37.5 Å². The number of carbonyl (C=O) groups excluding carboxylic acids is 2. The number of ether oxygens (including phenoxy) is 1. The summed E-state index contributed by atoms with van der Waals surface area (Å²) in [5, 5.41) is 3.34. The van der Waals surface area contributed by atoms with E-state index in [4.69, 9.17) is 16.3 Å². The number of rotatable bonds is 5. The zero-order valence-corrected chi connectivity index (χ0v) is 14.0. The molecule has 0 bridgehead atoms. The monoisotopic (exact) mass is 343 g/mol.